The molecule has 4 rings (SSSR count). The van der Waals surface area contributed by atoms with Crippen molar-refractivity contribution in [3.63, 3.8) is 0 Å². The molecule has 1 fully saturated rings. The average molecular weight is 449 g/mol. The number of aromatic amines is 1. The van der Waals surface area contributed by atoms with Crippen molar-refractivity contribution in [1.29, 1.82) is 5.26 Å². The molecule has 0 bridgehead atoms. The second-order valence-electron chi connectivity index (χ2n) is 8.17. The Kier molecular flexibility index (Phi) is 7.07. The van der Waals surface area contributed by atoms with Crippen molar-refractivity contribution in [2.24, 2.45) is 0 Å². The molecule has 9 nitrogen and oxygen atoms in total. The van der Waals surface area contributed by atoms with Crippen LogP contribution in [0.2, 0.25) is 0 Å². The monoisotopic (exact) mass is 448 g/mol. The Hall–Kier alpha value is -3.61. The standard InChI is InChI=1S/C24H28N6O3/c1-33-23-12-19(2-5-20(23)14-25)8-9-28-10-11-29(15-22(28)16-31)24(32)13-18-3-6-21(7-4-18)30-17-26-27-30/h2-7,12,17,22,27,31H,8-11,13,15-16H2,1H3/t22-/m1/s1. The molecule has 0 unspecified atom stereocenters. The first-order chi connectivity index (χ1) is 16.1. The first-order valence-electron chi connectivity index (χ1n) is 11.0. The smallest absolute Gasteiger partial charge is 0.227 e. The molecule has 9 heteroatoms. The van der Waals surface area contributed by atoms with Crippen LogP contribution in [-0.4, -0.2) is 81.7 Å². The van der Waals surface area contributed by atoms with E-state index in [-0.39, 0.29) is 18.6 Å². The van der Waals surface area contributed by atoms with Crippen molar-refractivity contribution in [3.8, 4) is 17.5 Å². The number of rotatable bonds is 8. The summed E-state index contributed by atoms with van der Waals surface area (Å²) in [4.78, 5) is 16.9. The van der Waals surface area contributed by atoms with Gasteiger partial charge in [0.2, 0.25) is 5.91 Å². The normalized spacial score (nSPS) is 16.5. The van der Waals surface area contributed by atoms with Gasteiger partial charge in [-0.25, -0.2) is 9.90 Å². The molecule has 1 aliphatic rings. The van der Waals surface area contributed by atoms with Crippen molar-refractivity contribution in [3.05, 3.63) is 65.5 Å². The van der Waals surface area contributed by atoms with Gasteiger partial charge < -0.3 is 14.7 Å². The molecule has 3 aromatic rings. The Morgan fingerprint density at radius 1 is 1.24 bits per heavy atom. The number of nitrogens with one attached hydrogen (secondary N) is 1. The maximum absolute atomic E-state index is 12.9. The van der Waals surface area contributed by atoms with Crippen LogP contribution in [0, 0.1) is 11.3 Å². The van der Waals surface area contributed by atoms with Crippen LogP contribution in [0.1, 0.15) is 16.7 Å². The zero-order chi connectivity index (χ0) is 23.2. The van der Waals surface area contributed by atoms with E-state index in [1.165, 1.54) is 0 Å². The van der Waals surface area contributed by atoms with Gasteiger partial charge in [-0.1, -0.05) is 18.2 Å². The predicted molar refractivity (Wildman–Crippen MR) is 122 cm³/mol. The molecule has 2 heterocycles. The number of carbonyl (C=O) groups is 1. The maximum atomic E-state index is 12.9. The number of aliphatic hydroxyl groups is 1. The highest BCUT2D eigenvalue weighted by molar-refractivity contribution is 5.79. The number of piperazine rings is 1. The van der Waals surface area contributed by atoms with Crippen LogP contribution in [0.15, 0.2) is 48.8 Å². The van der Waals surface area contributed by atoms with Crippen LogP contribution in [-0.2, 0) is 17.6 Å². The van der Waals surface area contributed by atoms with Crippen molar-refractivity contribution < 1.29 is 14.6 Å². The van der Waals surface area contributed by atoms with Gasteiger partial charge in [-0.05, 0) is 41.8 Å². The second kappa shape index (κ2) is 10.3. The van der Waals surface area contributed by atoms with Gasteiger partial charge in [-0.2, -0.15) is 5.26 Å². The molecule has 1 atom stereocenters. The van der Waals surface area contributed by atoms with E-state index in [0.717, 1.165) is 29.8 Å². The summed E-state index contributed by atoms with van der Waals surface area (Å²) in [5.41, 5.74) is 3.51. The molecule has 0 saturated carbocycles. The summed E-state index contributed by atoms with van der Waals surface area (Å²) in [6, 6.07) is 15.4. The third-order valence-corrected chi connectivity index (χ3v) is 6.15. The van der Waals surface area contributed by atoms with E-state index in [1.54, 1.807) is 24.2 Å². The van der Waals surface area contributed by atoms with E-state index < -0.39 is 0 Å². The molecule has 2 N–H and O–H groups in total. The molecular formula is C24H28N6O3. The summed E-state index contributed by atoms with van der Waals surface area (Å²) >= 11 is 0. The number of carbonyl (C=O) groups excluding carboxylic acids is 1. The SMILES string of the molecule is COc1cc(CCN2CCN(C(=O)Cc3ccc(-n4cn[nH]4)cc3)C[C@@H]2CO)ccc1C#N. The zero-order valence-corrected chi connectivity index (χ0v) is 18.6. The summed E-state index contributed by atoms with van der Waals surface area (Å²) in [6.07, 6.45) is 2.80. The number of methoxy groups -OCH3 is 1. The fraction of sp³-hybridized carbons (Fsp3) is 0.375. The lowest BCUT2D eigenvalue weighted by molar-refractivity contribution is -0.134. The Balaban J connectivity index is 1.31. The number of ether oxygens (including phenoxy) is 1. The minimum atomic E-state index is -0.0952. The van der Waals surface area contributed by atoms with E-state index in [1.807, 2.05) is 41.3 Å². The lowest BCUT2D eigenvalue weighted by Crippen LogP contribution is -2.56. The molecule has 172 valence electrons. The molecular weight excluding hydrogens is 420 g/mol. The topological polar surface area (TPSA) is 110 Å². The van der Waals surface area contributed by atoms with Gasteiger partial charge in [-0.3, -0.25) is 9.69 Å². The quantitative estimate of drug-likeness (QED) is 0.539. The van der Waals surface area contributed by atoms with E-state index in [9.17, 15) is 9.90 Å². The van der Waals surface area contributed by atoms with Crippen LogP contribution >= 0.6 is 0 Å². The van der Waals surface area contributed by atoms with Crippen LogP contribution in [0.25, 0.3) is 5.69 Å². The lowest BCUT2D eigenvalue weighted by atomic mass is 10.1. The molecule has 33 heavy (non-hydrogen) atoms. The van der Waals surface area contributed by atoms with Crippen molar-refractivity contribution in [2.75, 3.05) is 39.9 Å². The molecule has 0 aliphatic carbocycles. The fourth-order valence-electron chi connectivity index (χ4n) is 4.14. The summed E-state index contributed by atoms with van der Waals surface area (Å²) in [5, 5.41) is 25.7. The zero-order valence-electron chi connectivity index (χ0n) is 18.6. The minimum Gasteiger partial charge on any atom is -0.495 e. The first kappa shape index (κ1) is 22.6. The van der Waals surface area contributed by atoms with Gasteiger partial charge in [0.25, 0.3) is 0 Å². The van der Waals surface area contributed by atoms with Crippen LogP contribution in [0.3, 0.4) is 0 Å². The van der Waals surface area contributed by atoms with Crippen molar-refractivity contribution in [2.45, 2.75) is 18.9 Å². The molecule has 0 radical (unpaired) electrons. The van der Waals surface area contributed by atoms with Gasteiger partial charge in [0, 0.05) is 26.2 Å². The highest BCUT2D eigenvalue weighted by atomic mass is 16.5. The third kappa shape index (κ3) is 5.25. The summed E-state index contributed by atoms with van der Waals surface area (Å²) in [5.74, 6) is 0.646. The van der Waals surface area contributed by atoms with Gasteiger partial charge in [0.1, 0.15) is 18.1 Å². The number of aromatic nitrogens is 3. The number of benzene rings is 2. The number of H-pyrrole nitrogens is 1. The number of aliphatic hydroxyl groups excluding tert-OH is 1. The van der Waals surface area contributed by atoms with Gasteiger partial charge >= 0.3 is 0 Å². The molecule has 1 amide bonds. The number of nitriles is 1. The molecule has 0 spiro atoms. The Morgan fingerprint density at radius 3 is 2.64 bits per heavy atom. The van der Waals surface area contributed by atoms with E-state index in [0.29, 0.717) is 37.4 Å². The van der Waals surface area contributed by atoms with E-state index in [2.05, 4.69) is 21.3 Å². The molecule has 1 aromatic heterocycles. The summed E-state index contributed by atoms with van der Waals surface area (Å²) in [7, 11) is 1.56. The predicted octanol–water partition coefficient (Wildman–Crippen LogP) is 1.37. The molecule has 1 aliphatic heterocycles. The average Bonchev–Trinajstić information content (AvgIpc) is 2.82. The van der Waals surface area contributed by atoms with Crippen molar-refractivity contribution in [1.82, 2.24) is 24.8 Å². The van der Waals surface area contributed by atoms with Crippen LogP contribution < -0.4 is 4.74 Å². The van der Waals surface area contributed by atoms with E-state index >= 15 is 0 Å². The second-order valence-corrected chi connectivity index (χ2v) is 8.17. The van der Waals surface area contributed by atoms with Crippen LogP contribution in [0.5, 0.6) is 5.75 Å². The highest BCUT2D eigenvalue weighted by Gasteiger charge is 2.28. The number of hydrogen-bond acceptors (Lipinski definition) is 6. The minimum absolute atomic E-state index is 0.000440. The molecule has 1 saturated heterocycles. The largest absolute Gasteiger partial charge is 0.495 e. The Morgan fingerprint density at radius 2 is 2.00 bits per heavy atom. The fourth-order valence-corrected chi connectivity index (χ4v) is 4.14. The first-order valence-corrected chi connectivity index (χ1v) is 11.0. The maximum Gasteiger partial charge on any atom is 0.227 e. The Bertz CT molecular complexity index is 1100. The van der Waals surface area contributed by atoms with Gasteiger partial charge in [0.05, 0.1) is 37.4 Å². The van der Waals surface area contributed by atoms with Crippen molar-refractivity contribution >= 4 is 5.91 Å². The third-order valence-electron chi connectivity index (χ3n) is 6.15. The Labute approximate surface area is 192 Å². The number of nitrogens with zero attached hydrogens (tertiary/aromatic N) is 5. The van der Waals surface area contributed by atoms with Gasteiger partial charge in [0.15, 0.2) is 0 Å². The molecule has 2 aromatic carbocycles. The number of amides is 1. The highest BCUT2D eigenvalue weighted by Crippen LogP contribution is 2.20. The van der Waals surface area contributed by atoms with E-state index in [4.69, 9.17) is 10.00 Å². The summed E-state index contributed by atoms with van der Waals surface area (Å²) < 4.78 is 7.09. The lowest BCUT2D eigenvalue weighted by Gasteiger charge is -2.40. The summed E-state index contributed by atoms with van der Waals surface area (Å²) in [6.45, 7) is 2.62. The number of hydrogen-bond donors (Lipinski definition) is 2. The van der Waals surface area contributed by atoms with Crippen LogP contribution in [0.4, 0.5) is 0 Å². The van der Waals surface area contributed by atoms with Gasteiger partial charge in [-0.15, -0.1) is 5.10 Å².